The van der Waals surface area contributed by atoms with Crippen molar-refractivity contribution in [1.82, 2.24) is 19.3 Å². The summed E-state index contributed by atoms with van der Waals surface area (Å²) in [5.41, 5.74) is 3.38. The first-order valence-electron chi connectivity index (χ1n) is 9.98. The lowest BCUT2D eigenvalue weighted by molar-refractivity contribution is 0.155. The lowest BCUT2D eigenvalue weighted by Gasteiger charge is -2.16. The Morgan fingerprint density at radius 3 is 2.80 bits per heavy atom. The highest BCUT2D eigenvalue weighted by atomic mass is 32.2. The lowest BCUT2D eigenvalue weighted by atomic mass is 10.1. The Labute approximate surface area is 174 Å². The Kier molecular flexibility index (Phi) is 4.73. The SMILES string of the molecule is O=S(=O)(O)N[C@H]1C[C@@H](n2ccc3c(N[C@H]4CCc5ccccc54)ncnc32)C[C@@H]1O. The average molecular weight is 430 g/mol. The monoisotopic (exact) mass is 429 g/mol. The van der Waals surface area contributed by atoms with E-state index in [-0.39, 0.29) is 12.1 Å². The van der Waals surface area contributed by atoms with Gasteiger partial charge in [-0.1, -0.05) is 24.3 Å². The topological polar surface area (TPSA) is 129 Å². The highest BCUT2D eigenvalue weighted by molar-refractivity contribution is 7.83. The third-order valence-electron chi connectivity index (χ3n) is 6.15. The van der Waals surface area contributed by atoms with Crippen molar-refractivity contribution in [2.24, 2.45) is 0 Å². The van der Waals surface area contributed by atoms with Gasteiger partial charge in [0.2, 0.25) is 0 Å². The van der Waals surface area contributed by atoms with E-state index < -0.39 is 22.4 Å². The molecule has 4 N–H and O–H groups in total. The minimum absolute atomic E-state index is 0.147. The second-order valence-electron chi connectivity index (χ2n) is 8.01. The number of benzene rings is 1. The van der Waals surface area contributed by atoms with Crippen molar-refractivity contribution in [1.29, 1.82) is 0 Å². The van der Waals surface area contributed by atoms with Crippen LogP contribution in [0.2, 0.25) is 0 Å². The van der Waals surface area contributed by atoms with Crippen molar-refractivity contribution in [3.05, 3.63) is 54.0 Å². The molecule has 30 heavy (non-hydrogen) atoms. The van der Waals surface area contributed by atoms with Gasteiger partial charge in [-0.25, -0.2) is 9.97 Å². The van der Waals surface area contributed by atoms with E-state index in [1.165, 1.54) is 17.5 Å². The number of nitrogens with zero attached hydrogens (tertiary/aromatic N) is 3. The van der Waals surface area contributed by atoms with Crippen LogP contribution in [0.3, 0.4) is 0 Å². The Morgan fingerprint density at radius 2 is 1.97 bits per heavy atom. The van der Waals surface area contributed by atoms with Gasteiger partial charge < -0.3 is 15.0 Å². The number of aliphatic hydroxyl groups excluding tert-OH is 1. The van der Waals surface area contributed by atoms with Crippen LogP contribution >= 0.6 is 0 Å². The van der Waals surface area contributed by atoms with Crippen LogP contribution in [0.4, 0.5) is 5.82 Å². The summed E-state index contributed by atoms with van der Waals surface area (Å²) in [4.78, 5) is 8.88. The van der Waals surface area contributed by atoms with Crippen LogP contribution in [-0.4, -0.2) is 44.8 Å². The van der Waals surface area contributed by atoms with E-state index in [1.807, 2.05) is 22.9 Å². The van der Waals surface area contributed by atoms with Crippen LogP contribution < -0.4 is 10.0 Å². The molecule has 0 aliphatic heterocycles. The average Bonchev–Trinajstić information content (AvgIpc) is 3.39. The second kappa shape index (κ2) is 7.31. The Hall–Kier alpha value is -2.53. The molecule has 2 heterocycles. The van der Waals surface area contributed by atoms with Crippen LogP contribution in [-0.2, 0) is 16.7 Å². The van der Waals surface area contributed by atoms with E-state index >= 15 is 0 Å². The highest BCUT2D eigenvalue weighted by Gasteiger charge is 2.36. The molecule has 1 saturated carbocycles. The Morgan fingerprint density at radius 1 is 1.13 bits per heavy atom. The van der Waals surface area contributed by atoms with Gasteiger partial charge >= 0.3 is 10.3 Å². The summed E-state index contributed by atoms with van der Waals surface area (Å²) in [6.45, 7) is 0. The smallest absolute Gasteiger partial charge is 0.333 e. The predicted octanol–water partition coefficient (Wildman–Crippen LogP) is 1.99. The van der Waals surface area contributed by atoms with Gasteiger partial charge in [0.25, 0.3) is 0 Å². The summed E-state index contributed by atoms with van der Waals surface area (Å²) >= 11 is 0. The first-order chi connectivity index (χ1) is 14.4. The maximum Gasteiger partial charge on any atom is 0.333 e. The van der Waals surface area contributed by atoms with Gasteiger partial charge in [0.15, 0.2) is 0 Å². The molecule has 3 aromatic rings. The van der Waals surface area contributed by atoms with E-state index in [4.69, 9.17) is 4.55 Å². The number of anilines is 1. The summed E-state index contributed by atoms with van der Waals surface area (Å²) < 4.78 is 35.3. The normalized spacial score (nSPS) is 26.2. The first-order valence-corrected chi connectivity index (χ1v) is 11.4. The predicted molar refractivity (Wildman–Crippen MR) is 111 cm³/mol. The fourth-order valence-corrected chi connectivity index (χ4v) is 5.42. The van der Waals surface area contributed by atoms with E-state index in [1.54, 1.807) is 0 Å². The summed E-state index contributed by atoms with van der Waals surface area (Å²) in [7, 11) is -4.37. The minimum Gasteiger partial charge on any atom is -0.391 e. The zero-order valence-electron chi connectivity index (χ0n) is 16.1. The molecular formula is C20H23N5O4S. The number of fused-ring (bicyclic) bond motifs is 2. The molecule has 1 fully saturated rings. The van der Waals surface area contributed by atoms with Crippen molar-refractivity contribution in [3.63, 3.8) is 0 Å². The molecule has 0 amide bonds. The zero-order valence-corrected chi connectivity index (χ0v) is 17.0. The van der Waals surface area contributed by atoms with Crippen LogP contribution in [0.1, 0.15) is 42.5 Å². The fraction of sp³-hybridized carbons (Fsp3) is 0.400. The molecule has 10 heteroatoms. The summed E-state index contributed by atoms with van der Waals surface area (Å²) in [6, 6.07) is 9.66. The number of aliphatic hydroxyl groups is 1. The van der Waals surface area contributed by atoms with Crippen LogP contribution in [0.25, 0.3) is 11.0 Å². The zero-order chi connectivity index (χ0) is 20.9. The molecule has 0 unspecified atom stereocenters. The Bertz CT molecular complexity index is 1190. The van der Waals surface area contributed by atoms with E-state index in [9.17, 15) is 13.5 Å². The van der Waals surface area contributed by atoms with Crippen LogP contribution in [0.5, 0.6) is 0 Å². The third-order valence-corrected chi connectivity index (χ3v) is 6.75. The van der Waals surface area contributed by atoms with Gasteiger partial charge in [-0.15, -0.1) is 0 Å². The largest absolute Gasteiger partial charge is 0.391 e. The second-order valence-corrected chi connectivity index (χ2v) is 9.19. The van der Waals surface area contributed by atoms with E-state index in [2.05, 4.69) is 38.2 Å². The highest BCUT2D eigenvalue weighted by Crippen LogP contribution is 2.37. The maximum absolute atomic E-state index is 11.1. The summed E-state index contributed by atoms with van der Waals surface area (Å²) in [6.07, 6.45) is 5.27. The van der Waals surface area contributed by atoms with E-state index in [0.717, 1.165) is 29.7 Å². The standard InChI is InChI=1S/C20H23N5O4S/c26-18-10-13(9-17(18)24-30(27,28)29)25-8-7-15-19(21-11-22-20(15)25)23-16-6-5-12-3-1-2-4-14(12)16/h1-4,7-8,11,13,16-18,24,26H,5-6,9-10H2,(H,21,22,23)(H,27,28,29)/t13-,16+,17+,18+/m1/s1. The maximum atomic E-state index is 11.1. The molecular weight excluding hydrogens is 406 g/mol. The lowest BCUT2D eigenvalue weighted by Crippen LogP contribution is -2.39. The third kappa shape index (κ3) is 3.56. The van der Waals surface area contributed by atoms with Gasteiger partial charge in [0, 0.05) is 12.2 Å². The number of aromatic nitrogens is 3. The molecule has 0 bridgehead atoms. The quantitative estimate of drug-likeness (QED) is 0.456. The number of hydrogen-bond donors (Lipinski definition) is 4. The molecule has 0 spiro atoms. The van der Waals surface area contributed by atoms with E-state index in [0.29, 0.717) is 12.8 Å². The van der Waals surface area contributed by atoms with Crippen molar-refractivity contribution in [2.45, 2.75) is 49.9 Å². The van der Waals surface area contributed by atoms with Gasteiger partial charge in [0.1, 0.15) is 17.8 Å². The molecule has 2 aliphatic rings. The number of nitrogens with one attached hydrogen (secondary N) is 2. The van der Waals surface area contributed by atoms with Gasteiger partial charge in [-0.2, -0.15) is 13.1 Å². The number of hydrogen-bond acceptors (Lipinski definition) is 6. The van der Waals surface area contributed by atoms with Gasteiger partial charge in [-0.3, -0.25) is 4.55 Å². The Balaban J connectivity index is 1.41. The van der Waals surface area contributed by atoms with Gasteiger partial charge in [-0.05, 0) is 42.9 Å². The first kappa shape index (κ1) is 19.4. The van der Waals surface area contributed by atoms with Gasteiger partial charge in [0.05, 0.1) is 23.6 Å². The van der Waals surface area contributed by atoms with Crippen LogP contribution in [0, 0.1) is 0 Å². The van der Waals surface area contributed by atoms with Crippen molar-refractivity contribution in [3.8, 4) is 0 Å². The molecule has 2 aliphatic carbocycles. The molecule has 4 atom stereocenters. The van der Waals surface area contributed by atoms with Crippen LogP contribution in [0.15, 0.2) is 42.9 Å². The summed E-state index contributed by atoms with van der Waals surface area (Å²) in [5, 5.41) is 14.7. The molecule has 0 saturated heterocycles. The van der Waals surface area contributed by atoms with Crippen molar-refractivity contribution >= 4 is 27.2 Å². The summed E-state index contributed by atoms with van der Waals surface area (Å²) in [5.74, 6) is 0.756. The molecule has 9 nitrogen and oxygen atoms in total. The fourth-order valence-electron chi connectivity index (χ4n) is 4.79. The van der Waals surface area contributed by atoms with Crippen molar-refractivity contribution < 1.29 is 18.1 Å². The molecule has 1 aromatic carbocycles. The van der Waals surface area contributed by atoms with Crippen molar-refractivity contribution in [2.75, 3.05) is 5.32 Å². The molecule has 158 valence electrons. The minimum atomic E-state index is -4.37. The number of rotatable bonds is 5. The number of aryl methyl sites for hydroxylation is 1. The molecule has 5 rings (SSSR count). The molecule has 0 radical (unpaired) electrons. The molecule has 2 aromatic heterocycles.